The third kappa shape index (κ3) is 24.5. The van der Waals surface area contributed by atoms with Crippen molar-refractivity contribution in [1.82, 2.24) is 0 Å². The first-order chi connectivity index (χ1) is 21.0. The molecule has 46 heavy (non-hydrogen) atoms. The number of hydrogen-bond donors (Lipinski definition) is 0. The van der Waals surface area contributed by atoms with Crippen molar-refractivity contribution < 1.29 is 63.2 Å². The third-order valence-electron chi connectivity index (χ3n) is 7.21. The molecule has 0 N–H and O–H groups in total. The zero-order chi connectivity index (χ0) is 33.9. The van der Waals surface area contributed by atoms with Gasteiger partial charge in [-0.15, -0.1) is 12.8 Å². The average Bonchev–Trinajstić information content (AvgIpc) is 3.83. The minimum Gasteiger partial charge on any atom is -1.00 e. The van der Waals surface area contributed by atoms with E-state index >= 15 is 0 Å². The van der Waals surface area contributed by atoms with Crippen LogP contribution in [-0.4, -0.2) is 12.4 Å². The summed E-state index contributed by atoms with van der Waals surface area (Å²) in [6.07, 6.45) is 37.1. The molecular formula is C40H64Cl2Si2Ti2-2. The van der Waals surface area contributed by atoms with Gasteiger partial charge >= 0.3 is 76.9 Å². The van der Waals surface area contributed by atoms with Crippen LogP contribution in [0, 0.1) is 36.1 Å². The van der Waals surface area contributed by atoms with Gasteiger partial charge in [0.15, 0.2) is 0 Å². The molecule has 0 saturated heterocycles. The van der Waals surface area contributed by atoms with Crippen LogP contribution in [0.2, 0.25) is 26.2 Å². The molecule has 6 heteroatoms. The first-order valence-corrected chi connectivity index (χ1v) is 26.9. The van der Waals surface area contributed by atoms with Gasteiger partial charge in [-0.1, -0.05) is 119 Å². The van der Waals surface area contributed by atoms with E-state index in [0.29, 0.717) is 11.8 Å². The first-order valence-electron chi connectivity index (χ1n) is 17.2. The van der Waals surface area contributed by atoms with Crippen LogP contribution in [0.25, 0.3) is 0 Å². The fourth-order valence-electron chi connectivity index (χ4n) is 5.39. The van der Waals surface area contributed by atoms with Crippen LogP contribution < -0.4 is 24.8 Å². The second-order valence-corrected chi connectivity index (χ2v) is 24.7. The summed E-state index contributed by atoms with van der Waals surface area (Å²) in [4.78, 5) is 0. The van der Waals surface area contributed by atoms with Crippen LogP contribution in [0.5, 0.6) is 0 Å². The molecule has 4 aliphatic rings. The Hall–Kier alpha value is 0.362. The van der Waals surface area contributed by atoms with Gasteiger partial charge in [-0.3, -0.25) is 24.3 Å². The monoisotopic (exact) mass is 766 g/mol. The van der Waals surface area contributed by atoms with E-state index < -0.39 is 0 Å². The molecule has 2 unspecified atom stereocenters. The summed E-state index contributed by atoms with van der Waals surface area (Å²) in [6.45, 7) is 27.2. The Morgan fingerprint density at radius 3 is 1.00 bits per heavy atom. The molecule has 0 aromatic heterocycles. The van der Waals surface area contributed by atoms with Crippen LogP contribution in [0.15, 0.2) is 69.9 Å². The van der Waals surface area contributed by atoms with E-state index in [1.165, 1.54) is 49.7 Å². The van der Waals surface area contributed by atoms with E-state index in [-0.39, 0.29) is 37.2 Å². The normalized spacial score (nSPS) is 17.7. The fourth-order valence-corrected chi connectivity index (χ4v) is 5.39. The molecule has 0 aromatic carbocycles. The summed E-state index contributed by atoms with van der Waals surface area (Å²) >= 11 is 4.54. The van der Waals surface area contributed by atoms with Crippen LogP contribution in [0.3, 0.4) is 0 Å². The Kier molecular flexibility index (Phi) is 40.7. The minimum atomic E-state index is 0. The Morgan fingerprint density at radius 2 is 0.870 bits per heavy atom. The van der Waals surface area contributed by atoms with E-state index in [1.807, 2.05) is 24.3 Å². The summed E-state index contributed by atoms with van der Waals surface area (Å²) in [6, 6.07) is 0. The predicted molar refractivity (Wildman–Crippen MR) is 195 cm³/mol. The fraction of sp³-hybridized carbons (Fsp3) is 0.600. The predicted octanol–water partition coefficient (Wildman–Crippen LogP) is 6.75. The molecular weight excluding hydrogens is 703 g/mol. The summed E-state index contributed by atoms with van der Waals surface area (Å²) in [5.74, 6) is 1.27. The van der Waals surface area contributed by atoms with Gasteiger partial charge in [0.2, 0.25) is 0 Å². The standard InChI is InChI=1S/2C13H21.2C5H5.2C2H6Si.2ClH.2Ti/c2*1-5-10-9-11(6-2)13(8-4)12(10)7-3;2*1-2-4-5-3-1;2*1-3-2;;;;/h2*10H,5-8H2,1-4H3;2*1-3H,4H2;2*1-2H3;2*1H;;/q4*-1;;;;;2*+2/p-2. The van der Waals surface area contributed by atoms with Gasteiger partial charge in [0.25, 0.3) is 0 Å². The van der Waals surface area contributed by atoms with Crippen LogP contribution in [0.1, 0.15) is 120 Å². The molecule has 0 aliphatic heterocycles. The van der Waals surface area contributed by atoms with Gasteiger partial charge in [-0.05, 0) is 0 Å². The maximum Gasteiger partial charge on any atom is -0.109 e. The Bertz CT molecular complexity index is 975. The van der Waals surface area contributed by atoms with Crippen molar-refractivity contribution in [2.45, 2.75) is 146 Å². The van der Waals surface area contributed by atoms with E-state index in [2.05, 4.69) is 156 Å². The smallest absolute Gasteiger partial charge is 0.109 e. The molecule has 0 saturated carbocycles. The molecule has 4 rings (SSSR count). The maximum atomic E-state index is 3.63. The van der Waals surface area contributed by atoms with Crippen LogP contribution in [0.4, 0.5) is 0 Å². The molecule has 0 radical (unpaired) electrons. The molecule has 0 amide bonds. The van der Waals surface area contributed by atoms with Crippen molar-refractivity contribution in [1.29, 1.82) is 0 Å². The van der Waals surface area contributed by atoms with Crippen molar-refractivity contribution in [3.63, 3.8) is 0 Å². The zero-order valence-electron chi connectivity index (χ0n) is 31.4. The van der Waals surface area contributed by atoms with Gasteiger partial charge in [-0.25, -0.2) is 35.5 Å². The second-order valence-electron chi connectivity index (χ2n) is 11.3. The van der Waals surface area contributed by atoms with E-state index in [9.17, 15) is 0 Å². The van der Waals surface area contributed by atoms with Gasteiger partial charge in [0.1, 0.15) is 0 Å². The van der Waals surface area contributed by atoms with Crippen molar-refractivity contribution in [3.05, 3.63) is 94.2 Å². The van der Waals surface area contributed by atoms with Crippen molar-refractivity contribution >= 4 is 12.4 Å². The molecule has 0 spiro atoms. The molecule has 0 nitrogen and oxygen atoms in total. The largest absolute Gasteiger partial charge is 1.00 e. The summed E-state index contributed by atoms with van der Waals surface area (Å²) < 4.78 is 0. The van der Waals surface area contributed by atoms with Gasteiger partial charge in [-0.2, -0.15) is 34.4 Å². The zero-order valence-corrected chi connectivity index (χ0v) is 38.1. The number of halogens is 2. The maximum absolute atomic E-state index is 3.63. The van der Waals surface area contributed by atoms with Gasteiger partial charge in [0, 0.05) is 0 Å². The quantitative estimate of drug-likeness (QED) is 0.190. The topological polar surface area (TPSA) is 0 Å². The Balaban J connectivity index is -0.000000247. The van der Waals surface area contributed by atoms with Crippen molar-refractivity contribution in [3.8, 4) is 0 Å². The minimum absolute atomic E-state index is 0. The molecule has 256 valence electrons. The molecule has 0 fully saturated rings. The van der Waals surface area contributed by atoms with E-state index in [1.54, 1.807) is 22.3 Å². The molecule has 0 bridgehead atoms. The number of hydrogen-bond acceptors (Lipinski definition) is 0. The molecule has 0 heterocycles. The molecule has 2 atom stereocenters. The number of rotatable bonds is 8. The third-order valence-corrected chi connectivity index (χ3v) is 7.21. The van der Waals surface area contributed by atoms with Crippen molar-refractivity contribution in [2.24, 2.45) is 11.8 Å². The van der Waals surface area contributed by atoms with E-state index in [0.717, 1.165) is 25.7 Å². The second kappa shape index (κ2) is 35.2. The van der Waals surface area contributed by atoms with Crippen LogP contribution in [-0.2, 0) is 38.3 Å². The first kappa shape index (κ1) is 53.2. The summed E-state index contributed by atoms with van der Waals surface area (Å²) in [5.41, 5.74) is 9.51. The van der Waals surface area contributed by atoms with Gasteiger partial charge < -0.3 is 24.8 Å². The summed E-state index contributed by atoms with van der Waals surface area (Å²) in [7, 11) is 0. The SMILES string of the molecule is CCC1=[C-]C(CC)C(CC)=C1CC.CCC1=[C-]C(CC)C(CC)=C1CC.C[Si](C)=[Ti+2].C[Si](C)=[Ti+2].[C-]1=CC=CC1.[C-]1=CC=CC1.[Cl-].[Cl-]. The number of allylic oxidation sites excluding steroid dienone is 16. The average molecular weight is 768 g/mol. The Labute approximate surface area is 324 Å². The molecule has 4 aliphatic carbocycles. The van der Waals surface area contributed by atoms with Crippen LogP contribution >= 0.6 is 0 Å². The Morgan fingerprint density at radius 1 is 0.565 bits per heavy atom. The van der Waals surface area contributed by atoms with Crippen molar-refractivity contribution in [2.75, 3.05) is 0 Å². The summed E-state index contributed by atoms with van der Waals surface area (Å²) in [5, 5.41) is 0. The van der Waals surface area contributed by atoms with E-state index in [4.69, 9.17) is 0 Å². The van der Waals surface area contributed by atoms with Gasteiger partial charge in [0.05, 0.1) is 0 Å². The molecule has 0 aromatic rings.